The van der Waals surface area contributed by atoms with Crippen LogP contribution in [0.5, 0.6) is 0 Å². The van der Waals surface area contributed by atoms with E-state index in [1.165, 1.54) is 9.21 Å². The van der Waals surface area contributed by atoms with Gasteiger partial charge in [0.05, 0.1) is 16.3 Å². The van der Waals surface area contributed by atoms with Crippen LogP contribution in [0.25, 0.3) is 0 Å². The molecule has 1 heterocycles. The van der Waals surface area contributed by atoms with E-state index < -0.39 is 28.4 Å². The molecule has 1 aromatic rings. The lowest BCUT2D eigenvalue weighted by Crippen LogP contribution is -2.50. The molecule has 0 aliphatic carbocycles. The van der Waals surface area contributed by atoms with Gasteiger partial charge in [-0.05, 0) is 31.9 Å². The minimum absolute atomic E-state index is 0.0229. The monoisotopic (exact) mass is 388 g/mol. The topological polar surface area (TPSA) is 95.0 Å². The quantitative estimate of drug-likeness (QED) is 0.800. The normalized spacial score (nSPS) is 16.6. The number of sulfonamides is 1. The fourth-order valence-electron chi connectivity index (χ4n) is 2.92. The van der Waals surface area contributed by atoms with Crippen molar-refractivity contribution in [2.45, 2.75) is 25.8 Å². The van der Waals surface area contributed by atoms with Crippen LogP contribution in [0.4, 0.5) is 0 Å². The van der Waals surface area contributed by atoms with Crippen molar-refractivity contribution in [2.24, 2.45) is 0 Å². The molecule has 0 spiro atoms. The standard InChI is InChI=1S/C16H21ClN2O5S/c1-2-25(23,24)18-9-7-12(8-10-18)19(11-15(20)21)16(22)13-5-3-4-6-14(13)17/h3-6,12H,2,7-11H2,1H3,(H,20,21). The van der Waals surface area contributed by atoms with Crippen LogP contribution in [0, 0.1) is 0 Å². The van der Waals surface area contributed by atoms with Crippen LogP contribution >= 0.6 is 11.6 Å². The van der Waals surface area contributed by atoms with Gasteiger partial charge in [0, 0.05) is 19.1 Å². The van der Waals surface area contributed by atoms with Crippen LogP contribution in [0.1, 0.15) is 30.1 Å². The lowest BCUT2D eigenvalue weighted by molar-refractivity contribution is -0.138. The lowest BCUT2D eigenvalue weighted by Gasteiger charge is -2.37. The molecule has 2 rings (SSSR count). The Kier molecular flexibility index (Phi) is 6.42. The zero-order valence-electron chi connectivity index (χ0n) is 13.9. The number of carboxylic acids is 1. The summed E-state index contributed by atoms with van der Waals surface area (Å²) in [5.41, 5.74) is 0.244. The summed E-state index contributed by atoms with van der Waals surface area (Å²) in [6.45, 7) is 1.67. The van der Waals surface area contributed by atoms with Gasteiger partial charge in [-0.2, -0.15) is 0 Å². The van der Waals surface area contributed by atoms with Gasteiger partial charge < -0.3 is 10.0 Å². The Morgan fingerprint density at radius 3 is 2.40 bits per heavy atom. The van der Waals surface area contributed by atoms with Gasteiger partial charge in [-0.25, -0.2) is 12.7 Å². The highest BCUT2D eigenvalue weighted by atomic mass is 35.5. The van der Waals surface area contributed by atoms with Crippen molar-refractivity contribution in [3.8, 4) is 0 Å². The molecule has 25 heavy (non-hydrogen) atoms. The van der Waals surface area contributed by atoms with Crippen molar-refractivity contribution in [3.63, 3.8) is 0 Å². The number of amides is 1. The predicted molar refractivity (Wildman–Crippen MR) is 94.2 cm³/mol. The lowest BCUT2D eigenvalue weighted by atomic mass is 10.0. The van der Waals surface area contributed by atoms with E-state index in [0.29, 0.717) is 12.8 Å². The van der Waals surface area contributed by atoms with Crippen LogP contribution in [-0.2, 0) is 14.8 Å². The number of hydrogen-bond acceptors (Lipinski definition) is 4. The molecule has 0 atom stereocenters. The SMILES string of the molecule is CCS(=O)(=O)N1CCC(N(CC(=O)O)C(=O)c2ccccc2Cl)CC1. The molecule has 1 aliphatic rings. The summed E-state index contributed by atoms with van der Waals surface area (Å²) in [6.07, 6.45) is 0.783. The van der Waals surface area contributed by atoms with E-state index in [2.05, 4.69) is 0 Å². The maximum Gasteiger partial charge on any atom is 0.323 e. The molecule has 1 aromatic carbocycles. The molecule has 0 aromatic heterocycles. The summed E-state index contributed by atoms with van der Waals surface area (Å²) in [6, 6.07) is 6.13. The van der Waals surface area contributed by atoms with Gasteiger partial charge in [-0.15, -0.1) is 0 Å². The molecule has 0 radical (unpaired) electrons. The van der Waals surface area contributed by atoms with Crippen molar-refractivity contribution < 1.29 is 23.1 Å². The fourth-order valence-corrected chi connectivity index (χ4v) is 4.27. The summed E-state index contributed by atoms with van der Waals surface area (Å²) >= 11 is 6.06. The first-order valence-corrected chi connectivity index (χ1v) is 10.00. The zero-order chi connectivity index (χ0) is 18.6. The van der Waals surface area contributed by atoms with E-state index in [1.54, 1.807) is 31.2 Å². The van der Waals surface area contributed by atoms with Gasteiger partial charge in [0.15, 0.2) is 0 Å². The van der Waals surface area contributed by atoms with Crippen molar-refractivity contribution in [2.75, 3.05) is 25.4 Å². The Balaban J connectivity index is 2.18. The molecule has 138 valence electrons. The van der Waals surface area contributed by atoms with Crippen LogP contribution in [0.15, 0.2) is 24.3 Å². The van der Waals surface area contributed by atoms with Crippen LogP contribution in [-0.4, -0.2) is 66.0 Å². The molecule has 1 aliphatic heterocycles. The van der Waals surface area contributed by atoms with Gasteiger partial charge in [-0.1, -0.05) is 23.7 Å². The van der Waals surface area contributed by atoms with Crippen LogP contribution < -0.4 is 0 Å². The first-order chi connectivity index (χ1) is 11.8. The first-order valence-electron chi connectivity index (χ1n) is 8.01. The maximum atomic E-state index is 12.8. The highest BCUT2D eigenvalue weighted by molar-refractivity contribution is 7.89. The summed E-state index contributed by atoms with van der Waals surface area (Å²) < 4.78 is 25.3. The molecular weight excluding hydrogens is 368 g/mol. The van der Waals surface area contributed by atoms with Crippen LogP contribution in [0.3, 0.4) is 0 Å². The number of benzene rings is 1. The second-order valence-electron chi connectivity index (χ2n) is 5.84. The molecule has 0 bridgehead atoms. The third kappa shape index (κ3) is 4.71. The fraction of sp³-hybridized carbons (Fsp3) is 0.500. The van der Waals surface area contributed by atoms with E-state index in [4.69, 9.17) is 16.7 Å². The second-order valence-corrected chi connectivity index (χ2v) is 8.50. The van der Waals surface area contributed by atoms with E-state index in [0.717, 1.165) is 0 Å². The summed E-state index contributed by atoms with van der Waals surface area (Å²) in [5.74, 6) is -1.55. The number of carbonyl (C=O) groups excluding carboxylic acids is 1. The van der Waals surface area contributed by atoms with Gasteiger partial charge in [0.1, 0.15) is 6.54 Å². The largest absolute Gasteiger partial charge is 0.480 e. The number of carboxylic acid groups (broad SMARTS) is 1. The molecule has 0 saturated carbocycles. The van der Waals surface area contributed by atoms with Crippen molar-refractivity contribution in [3.05, 3.63) is 34.9 Å². The van der Waals surface area contributed by atoms with Crippen molar-refractivity contribution in [1.82, 2.24) is 9.21 Å². The Labute approximate surface area is 152 Å². The maximum absolute atomic E-state index is 12.8. The first kappa shape index (κ1) is 19.7. The van der Waals surface area contributed by atoms with E-state index >= 15 is 0 Å². The number of carbonyl (C=O) groups is 2. The number of rotatable bonds is 6. The number of hydrogen-bond donors (Lipinski definition) is 1. The van der Waals surface area contributed by atoms with Crippen molar-refractivity contribution >= 4 is 33.5 Å². The number of aliphatic carboxylic acids is 1. The predicted octanol–water partition coefficient (Wildman–Crippen LogP) is 1.68. The third-order valence-corrected chi connectivity index (χ3v) is 6.50. The van der Waals surface area contributed by atoms with Gasteiger partial charge in [0.2, 0.25) is 10.0 Å². The Hall–Kier alpha value is -1.64. The molecule has 1 N–H and O–H groups in total. The molecular formula is C16H21ClN2O5S. The van der Waals surface area contributed by atoms with E-state index in [9.17, 15) is 18.0 Å². The van der Waals surface area contributed by atoms with Gasteiger partial charge >= 0.3 is 5.97 Å². The minimum Gasteiger partial charge on any atom is -0.480 e. The van der Waals surface area contributed by atoms with Crippen LogP contribution in [0.2, 0.25) is 5.02 Å². The van der Waals surface area contributed by atoms with Crippen molar-refractivity contribution in [1.29, 1.82) is 0 Å². The third-order valence-electron chi connectivity index (χ3n) is 4.29. The average Bonchev–Trinajstić information content (AvgIpc) is 2.59. The number of piperidine rings is 1. The van der Waals surface area contributed by atoms with Gasteiger partial charge in [-0.3, -0.25) is 9.59 Å². The average molecular weight is 389 g/mol. The molecule has 1 amide bonds. The zero-order valence-corrected chi connectivity index (χ0v) is 15.5. The molecule has 1 fully saturated rings. The highest BCUT2D eigenvalue weighted by Gasteiger charge is 2.33. The number of halogens is 1. The second kappa shape index (κ2) is 8.16. The van der Waals surface area contributed by atoms with E-state index in [-0.39, 0.29) is 35.5 Å². The number of nitrogens with zero attached hydrogens (tertiary/aromatic N) is 2. The molecule has 9 heteroatoms. The molecule has 0 unspecified atom stereocenters. The highest BCUT2D eigenvalue weighted by Crippen LogP contribution is 2.23. The van der Waals surface area contributed by atoms with E-state index in [1.807, 2.05) is 0 Å². The molecule has 7 nitrogen and oxygen atoms in total. The molecule has 1 saturated heterocycles. The summed E-state index contributed by atoms with van der Waals surface area (Å²) in [5, 5.41) is 9.42. The minimum atomic E-state index is -3.28. The summed E-state index contributed by atoms with van der Waals surface area (Å²) in [7, 11) is -3.28. The van der Waals surface area contributed by atoms with Gasteiger partial charge in [0.25, 0.3) is 5.91 Å². The smallest absolute Gasteiger partial charge is 0.323 e. The Bertz CT molecular complexity index is 745. The summed E-state index contributed by atoms with van der Waals surface area (Å²) in [4.78, 5) is 25.3. The Morgan fingerprint density at radius 2 is 1.88 bits per heavy atom. The Morgan fingerprint density at radius 1 is 1.28 bits per heavy atom.